The van der Waals surface area contributed by atoms with Crippen molar-refractivity contribution < 1.29 is 72.1 Å². The fourth-order valence-corrected chi connectivity index (χ4v) is 4.36. The number of hydrogen-bond donors (Lipinski definition) is 2. The molecule has 0 fully saturated rings. The van der Waals surface area contributed by atoms with Crippen LogP contribution in [0.1, 0.15) is 46.5 Å². The zero-order valence-corrected chi connectivity index (χ0v) is 22.6. The summed E-state index contributed by atoms with van der Waals surface area (Å²) in [6.45, 7) is -0.839. The average Bonchev–Trinajstić information content (AvgIpc) is 3.30. The van der Waals surface area contributed by atoms with Gasteiger partial charge in [0.1, 0.15) is 11.5 Å². The van der Waals surface area contributed by atoms with Crippen LogP contribution in [0.4, 0.5) is 57.1 Å². The molecule has 0 saturated heterocycles. The molecule has 248 valence electrons. The summed E-state index contributed by atoms with van der Waals surface area (Å²) in [6, 6.07) is 11.1. The third-order valence-corrected chi connectivity index (χ3v) is 6.77. The quantitative estimate of drug-likeness (QED) is 0.192. The fraction of sp³-hybridized carbons (Fsp3) is 0.407. The third kappa shape index (κ3) is 5.72. The molecule has 1 aromatic heterocycles. The Labute approximate surface area is 244 Å². The van der Waals surface area contributed by atoms with Gasteiger partial charge in [0.05, 0.1) is 17.9 Å². The Balaban J connectivity index is 2.11. The normalized spacial score (nSPS) is 13.8. The molecule has 3 rings (SSSR count). The minimum atomic E-state index is -8.07. The van der Waals surface area contributed by atoms with Gasteiger partial charge in [-0.05, 0) is 29.2 Å². The molecular weight excluding hydrogens is 647 g/mol. The first-order chi connectivity index (χ1) is 20.5. The number of aryl methyl sites for hydroxylation is 1. The zero-order chi connectivity index (χ0) is 34.4. The predicted octanol–water partition coefficient (Wildman–Crippen LogP) is 7.94. The van der Waals surface area contributed by atoms with Crippen LogP contribution >= 0.6 is 0 Å². The van der Waals surface area contributed by atoms with Gasteiger partial charge in [0.15, 0.2) is 0 Å². The first-order valence-electron chi connectivity index (χ1n) is 12.6. The second-order valence-corrected chi connectivity index (χ2v) is 9.73. The molecule has 18 heteroatoms. The number of carboxylic acid groups (broad SMARTS) is 1. The topological polar surface area (TPSA) is 75.4 Å². The molecule has 3 aromatic rings. The van der Waals surface area contributed by atoms with Crippen LogP contribution in [0.5, 0.6) is 0 Å². The molecule has 0 aliphatic carbocycles. The zero-order valence-electron chi connectivity index (χ0n) is 22.6. The van der Waals surface area contributed by atoms with Gasteiger partial charge >= 0.3 is 41.8 Å². The summed E-state index contributed by atoms with van der Waals surface area (Å²) in [7, 11) is 0. The number of aromatic carboxylic acids is 1. The Kier molecular flexibility index (Phi) is 9.37. The molecule has 0 aliphatic rings. The van der Waals surface area contributed by atoms with Crippen molar-refractivity contribution in [2.24, 2.45) is 0 Å². The van der Waals surface area contributed by atoms with Gasteiger partial charge < -0.3 is 14.8 Å². The maximum atomic E-state index is 15.1. The number of carbonyl (C=O) groups is 1. The standard InChI is InChI=1S/C27H21F13N2O3/c1-2-5-19-41-20(22(28,29)23(30,31)24(32,33)25(34,35)26(36,37)27(38,39)40)18(13-43)42(19)12-14-8-10-15(11-9-14)16-6-3-4-7-17(16)21(44)45/h3-4,6-11,43H,2,5,12-13H2,1H3,(H,44,45). The smallest absolute Gasteiger partial charge is 0.460 e. The van der Waals surface area contributed by atoms with Crippen molar-refractivity contribution in [3.63, 3.8) is 0 Å². The Morgan fingerprint density at radius 2 is 1.31 bits per heavy atom. The summed E-state index contributed by atoms with van der Waals surface area (Å²) >= 11 is 0. The molecule has 5 nitrogen and oxygen atoms in total. The highest BCUT2D eigenvalue weighted by molar-refractivity contribution is 5.95. The SMILES string of the molecule is CCCc1nc(C(F)(F)C(F)(F)C(F)(F)C(F)(F)C(F)(F)C(F)(F)F)c(CO)n1Cc1ccc(-c2ccccc2C(=O)O)cc1. The molecule has 0 unspecified atom stereocenters. The van der Waals surface area contributed by atoms with Crippen LogP contribution in [-0.4, -0.2) is 55.6 Å². The lowest BCUT2D eigenvalue weighted by atomic mass is 9.92. The van der Waals surface area contributed by atoms with Crippen molar-refractivity contribution >= 4 is 5.97 Å². The number of rotatable bonds is 12. The number of hydrogen-bond acceptors (Lipinski definition) is 3. The van der Waals surface area contributed by atoms with Gasteiger partial charge in [-0.2, -0.15) is 57.1 Å². The van der Waals surface area contributed by atoms with Crippen LogP contribution < -0.4 is 0 Å². The van der Waals surface area contributed by atoms with Crippen LogP contribution in [-0.2, 0) is 25.5 Å². The first-order valence-corrected chi connectivity index (χ1v) is 12.6. The molecule has 2 N–H and O–H groups in total. The number of benzene rings is 2. The summed E-state index contributed by atoms with van der Waals surface area (Å²) in [5.41, 5.74) is -3.11. The number of aliphatic hydroxyl groups excluding tert-OH is 1. The van der Waals surface area contributed by atoms with E-state index in [1.165, 1.54) is 55.5 Å². The highest BCUT2D eigenvalue weighted by Crippen LogP contribution is 2.62. The molecule has 0 atom stereocenters. The summed E-state index contributed by atoms with van der Waals surface area (Å²) in [4.78, 5) is 14.6. The highest BCUT2D eigenvalue weighted by Gasteiger charge is 2.91. The van der Waals surface area contributed by atoms with Crippen molar-refractivity contribution in [1.82, 2.24) is 9.55 Å². The van der Waals surface area contributed by atoms with Crippen molar-refractivity contribution in [1.29, 1.82) is 0 Å². The van der Waals surface area contributed by atoms with Gasteiger partial charge in [0, 0.05) is 13.0 Å². The van der Waals surface area contributed by atoms with E-state index in [0.717, 1.165) is 0 Å². The molecule has 0 saturated carbocycles. The maximum absolute atomic E-state index is 15.1. The second-order valence-electron chi connectivity index (χ2n) is 9.73. The van der Waals surface area contributed by atoms with Crippen LogP contribution in [0, 0.1) is 0 Å². The summed E-state index contributed by atoms with van der Waals surface area (Å²) in [5, 5.41) is 19.1. The number of nitrogens with zero attached hydrogens (tertiary/aromatic N) is 2. The van der Waals surface area contributed by atoms with Crippen molar-refractivity contribution in [2.75, 3.05) is 0 Å². The summed E-state index contributed by atoms with van der Waals surface area (Å²) in [6.07, 6.45) is -7.87. The van der Waals surface area contributed by atoms with E-state index < -0.39 is 72.1 Å². The number of alkyl halides is 13. The largest absolute Gasteiger partial charge is 0.478 e. The lowest BCUT2D eigenvalue weighted by Gasteiger charge is -2.39. The van der Waals surface area contributed by atoms with Gasteiger partial charge in [0.2, 0.25) is 0 Å². The average molecular weight is 668 g/mol. The van der Waals surface area contributed by atoms with Gasteiger partial charge in [0.25, 0.3) is 0 Å². The van der Waals surface area contributed by atoms with E-state index in [-0.39, 0.29) is 29.5 Å². The molecule has 45 heavy (non-hydrogen) atoms. The molecular formula is C27H21F13N2O3. The molecule has 0 aliphatic heterocycles. The minimum Gasteiger partial charge on any atom is -0.478 e. The monoisotopic (exact) mass is 668 g/mol. The van der Waals surface area contributed by atoms with Crippen LogP contribution in [0.25, 0.3) is 11.1 Å². The van der Waals surface area contributed by atoms with Gasteiger partial charge in [-0.1, -0.05) is 49.4 Å². The van der Waals surface area contributed by atoms with E-state index in [4.69, 9.17) is 0 Å². The molecule has 0 amide bonds. The van der Waals surface area contributed by atoms with Gasteiger partial charge in [-0.25, -0.2) is 9.78 Å². The molecule has 2 aromatic carbocycles. The van der Waals surface area contributed by atoms with Gasteiger partial charge in [-0.3, -0.25) is 0 Å². The third-order valence-electron chi connectivity index (χ3n) is 6.77. The van der Waals surface area contributed by atoms with Crippen LogP contribution in [0.3, 0.4) is 0 Å². The lowest BCUT2D eigenvalue weighted by molar-refractivity contribution is -0.442. The second kappa shape index (κ2) is 11.8. The summed E-state index contributed by atoms with van der Waals surface area (Å²) < 4.78 is 180. The van der Waals surface area contributed by atoms with Crippen molar-refractivity contribution in [3.05, 3.63) is 76.9 Å². The van der Waals surface area contributed by atoms with E-state index >= 15 is 8.78 Å². The Morgan fingerprint density at radius 3 is 1.80 bits per heavy atom. The molecule has 0 radical (unpaired) electrons. The highest BCUT2D eigenvalue weighted by atomic mass is 19.4. The number of aromatic nitrogens is 2. The molecule has 1 heterocycles. The molecule has 0 spiro atoms. The number of imidazole rings is 1. The Bertz CT molecular complexity index is 1530. The van der Waals surface area contributed by atoms with E-state index in [9.17, 15) is 63.3 Å². The van der Waals surface area contributed by atoms with Crippen molar-refractivity contribution in [2.45, 2.75) is 68.7 Å². The minimum absolute atomic E-state index is 0.0280. The maximum Gasteiger partial charge on any atom is 0.460 e. The molecule has 0 bridgehead atoms. The summed E-state index contributed by atoms with van der Waals surface area (Å²) in [5.74, 6) is -40.0. The number of aliphatic hydroxyl groups is 1. The van der Waals surface area contributed by atoms with Crippen LogP contribution in [0.15, 0.2) is 48.5 Å². The predicted molar refractivity (Wildman–Crippen MR) is 130 cm³/mol. The van der Waals surface area contributed by atoms with E-state index in [0.29, 0.717) is 10.1 Å². The van der Waals surface area contributed by atoms with Gasteiger partial charge in [-0.15, -0.1) is 0 Å². The Morgan fingerprint density at radius 1 is 0.778 bits per heavy atom. The van der Waals surface area contributed by atoms with E-state index in [1.54, 1.807) is 0 Å². The first kappa shape index (κ1) is 35.6. The van der Waals surface area contributed by atoms with E-state index in [2.05, 4.69) is 4.98 Å². The Hall–Kier alpha value is -3.83. The van der Waals surface area contributed by atoms with Crippen molar-refractivity contribution in [3.8, 4) is 11.1 Å². The fourth-order valence-electron chi connectivity index (χ4n) is 4.36. The lowest BCUT2D eigenvalue weighted by Crippen LogP contribution is -2.69. The van der Waals surface area contributed by atoms with E-state index in [1.807, 2.05) is 0 Å². The number of halogens is 13. The van der Waals surface area contributed by atoms with Crippen LogP contribution in [0.2, 0.25) is 0 Å². The number of carboxylic acids is 1.